The summed E-state index contributed by atoms with van der Waals surface area (Å²) in [7, 11) is 0. The van der Waals surface area contributed by atoms with E-state index in [9.17, 15) is 9.90 Å². The quantitative estimate of drug-likeness (QED) is 0.775. The maximum Gasteiger partial charge on any atom is 0.328 e. The monoisotopic (exact) mass is 352 g/mol. The predicted octanol–water partition coefficient (Wildman–Crippen LogP) is 4.82. The number of aromatic hydroxyl groups is 1. The SMILES string of the molecule is O=C(O)C=Cc1ccc(C(=C2CCSCC2)c2ccc(O)cc2)cc1. The fourth-order valence-electron chi connectivity index (χ4n) is 3.00. The van der Waals surface area contributed by atoms with Gasteiger partial charge in [-0.05, 0) is 64.8 Å². The van der Waals surface area contributed by atoms with E-state index in [2.05, 4.69) is 0 Å². The molecule has 1 aliphatic rings. The number of aliphatic carboxylic acids is 1. The first-order chi connectivity index (χ1) is 12.1. The van der Waals surface area contributed by atoms with Gasteiger partial charge >= 0.3 is 5.97 Å². The number of phenolic OH excluding ortho intramolecular Hbond substituents is 1. The van der Waals surface area contributed by atoms with Crippen molar-refractivity contribution in [3.8, 4) is 5.75 Å². The molecule has 0 bridgehead atoms. The molecular weight excluding hydrogens is 332 g/mol. The molecule has 0 amide bonds. The number of allylic oxidation sites excluding steroid dienone is 1. The average molecular weight is 352 g/mol. The van der Waals surface area contributed by atoms with Gasteiger partial charge in [-0.2, -0.15) is 11.8 Å². The van der Waals surface area contributed by atoms with Crippen molar-refractivity contribution >= 4 is 29.4 Å². The standard InChI is InChI=1S/C21H20O3S/c22-19-8-6-17(7-9-19)21(18-11-13-25-14-12-18)16-4-1-15(2-5-16)3-10-20(23)24/h1-10,22H,11-14H2,(H,23,24). The summed E-state index contributed by atoms with van der Waals surface area (Å²) in [5, 5.41) is 18.3. The lowest BCUT2D eigenvalue weighted by Gasteiger charge is -2.20. The van der Waals surface area contributed by atoms with E-state index in [0.29, 0.717) is 0 Å². The molecule has 0 saturated carbocycles. The zero-order valence-electron chi connectivity index (χ0n) is 13.8. The molecule has 0 atom stereocenters. The summed E-state index contributed by atoms with van der Waals surface area (Å²) in [6, 6.07) is 15.3. The van der Waals surface area contributed by atoms with Crippen molar-refractivity contribution in [2.75, 3.05) is 11.5 Å². The number of hydrogen-bond acceptors (Lipinski definition) is 3. The first kappa shape index (κ1) is 17.4. The number of rotatable bonds is 4. The van der Waals surface area contributed by atoms with Crippen LogP contribution in [0.5, 0.6) is 5.75 Å². The summed E-state index contributed by atoms with van der Waals surface area (Å²) in [6.45, 7) is 0. The van der Waals surface area contributed by atoms with Crippen LogP contribution in [0.4, 0.5) is 0 Å². The number of carbonyl (C=O) groups is 1. The van der Waals surface area contributed by atoms with Crippen molar-refractivity contribution in [1.82, 2.24) is 0 Å². The molecule has 3 rings (SSSR count). The summed E-state index contributed by atoms with van der Waals surface area (Å²) in [6.07, 6.45) is 4.88. The Labute approximate surface area is 151 Å². The third kappa shape index (κ3) is 4.54. The first-order valence-corrected chi connectivity index (χ1v) is 9.39. The van der Waals surface area contributed by atoms with Crippen molar-refractivity contribution < 1.29 is 15.0 Å². The lowest BCUT2D eigenvalue weighted by atomic mass is 9.90. The fraction of sp³-hybridized carbons (Fsp3) is 0.190. The van der Waals surface area contributed by atoms with Gasteiger partial charge < -0.3 is 10.2 Å². The van der Waals surface area contributed by atoms with Gasteiger partial charge in [0.05, 0.1) is 0 Å². The molecule has 3 nitrogen and oxygen atoms in total. The highest BCUT2D eigenvalue weighted by Gasteiger charge is 2.15. The molecule has 0 aliphatic carbocycles. The van der Waals surface area contributed by atoms with Crippen molar-refractivity contribution in [2.24, 2.45) is 0 Å². The molecule has 128 valence electrons. The van der Waals surface area contributed by atoms with E-state index in [-0.39, 0.29) is 5.75 Å². The largest absolute Gasteiger partial charge is 0.508 e. The van der Waals surface area contributed by atoms with Crippen LogP contribution in [0.25, 0.3) is 11.6 Å². The number of carboxylic acids is 1. The maximum absolute atomic E-state index is 10.7. The number of phenols is 1. The Bertz CT molecular complexity index is 794. The topological polar surface area (TPSA) is 57.5 Å². The van der Waals surface area contributed by atoms with Gasteiger partial charge in [-0.3, -0.25) is 0 Å². The van der Waals surface area contributed by atoms with Crippen LogP contribution in [0.15, 0.2) is 60.2 Å². The highest BCUT2D eigenvalue weighted by Crippen LogP contribution is 2.35. The van der Waals surface area contributed by atoms with E-state index >= 15 is 0 Å². The second-order valence-electron chi connectivity index (χ2n) is 5.93. The molecular formula is C21H20O3S. The van der Waals surface area contributed by atoms with Crippen molar-refractivity contribution in [2.45, 2.75) is 12.8 Å². The van der Waals surface area contributed by atoms with Crippen LogP contribution in [-0.2, 0) is 4.79 Å². The molecule has 25 heavy (non-hydrogen) atoms. The van der Waals surface area contributed by atoms with E-state index in [0.717, 1.165) is 47.1 Å². The molecule has 1 aliphatic heterocycles. The predicted molar refractivity (Wildman–Crippen MR) is 104 cm³/mol. The summed E-state index contributed by atoms with van der Waals surface area (Å²) < 4.78 is 0. The van der Waals surface area contributed by atoms with E-state index in [1.165, 1.54) is 11.1 Å². The third-order valence-corrected chi connectivity index (χ3v) is 5.21. The minimum Gasteiger partial charge on any atom is -0.508 e. The van der Waals surface area contributed by atoms with Gasteiger partial charge in [0, 0.05) is 6.08 Å². The van der Waals surface area contributed by atoms with Crippen LogP contribution in [0.2, 0.25) is 0 Å². The summed E-state index contributed by atoms with van der Waals surface area (Å²) in [5.41, 5.74) is 5.77. The van der Waals surface area contributed by atoms with E-state index in [4.69, 9.17) is 5.11 Å². The molecule has 0 aromatic heterocycles. The lowest BCUT2D eigenvalue weighted by Crippen LogP contribution is -2.03. The Hall–Kier alpha value is -2.46. The highest BCUT2D eigenvalue weighted by atomic mass is 32.2. The van der Waals surface area contributed by atoms with E-state index in [1.54, 1.807) is 18.2 Å². The number of thioether (sulfide) groups is 1. The molecule has 2 N–H and O–H groups in total. The van der Waals surface area contributed by atoms with Crippen molar-refractivity contribution in [1.29, 1.82) is 0 Å². The smallest absolute Gasteiger partial charge is 0.328 e. The minimum atomic E-state index is -0.948. The van der Waals surface area contributed by atoms with Gasteiger partial charge in [-0.25, -0.2) is 4.79 Å². The van der Waals surface area contributed by atoms with Crippen LogP contribution in [0.1, 0.15) is 29.5 Å². The zero-order valence-corrected chi connectivity index (χ0v) is 14.6. The maximum atomic E-state index is 10.7. The Kier molecular flexibility index (Phi) is 5.61. The molecule has 2 aromatic rings. The zero-order chi connectivity index (χ0) is 17.6. The molecule has 0 unspecified atom stereocenters. The van der Waals surface area contributed by atoms with Crippen molar-refractivity contribution in [3.63, 3.8) is 0 Å². The van der Waals surface area contributed by atoms with Gasteiger partial charge in [0.15, 0.2) is 0 Å². The van der Waals surface area contributed by atoms with Gasteiger partial charge in [-0.15, -0.1) is 0 Å². The second-order valence-corrected chi connectivity index (χ2v) is 7.16. The van der Waals surface area contributed by atoms with Gasteiger partial charge in [0.25, 0.3) is 0 Å². The summed E-state index contributed by atoms with van der Waals surface area (Å²) >= 11 is 1.98. The summed E-state index contributed by atoms with van der Waals surface area (Å²) in [5.74, 6) is 1.59. The van der Waals surface area contributed by atoms with Gasteiger partial charge in [0.2, 0.25) is 0 Å². The van der Waals surface area contributed by atoms with Crippen LogP contribution in [0, 0.1) is 0 Å². The Morgan fingerprint density at radius 3 is 2.04 bits per heavy atom. The minimum absolute atomic E-state index is 0.265. The van der Waals surface area contributed by atoms with Crippen LogP contribution >= 0.6 is 11.8 Å². The molecule has 0 spiro atoms. The van der Waals surface area contributed by atoms with Gasteiger partial charge in [-0.1, -0.05) is 42.0 Å². The number of benzene rings is 2. The van der Waals surface area contributed by atoms with Crippen LogP contribution in [-0.4, -0.2) is 27.7 Å². The van der Waals surface area contributed by atoms with Crippen molar-refractivity contribution in [3.05, 3.63) is 76.9 Å². The molecule has 1 heterocycles. The second kappa shape index (κ2) is 8.08. The third-order valence-electron chi connectivity index (χ3n) is 4.22. The van der Waals surface area contributed by atoms with E-state index in [1.807, 2.05) is 48.2 Å². The molecule has 1 saturated heterocycles. The highest BCUT2D eigenvalue weighted by molar-refractivity contribution is 7.99. The normalized spacial score (nSPS) is 14.6. The Morgan fingerprint density at radius 2 is 1.48 bits per heavy atom. The molecule has 2 aromatic carbocycles. The fourth-order valence-corrected chi connectivity index (χ4v) is 3.98. The Balaban J connectivity index is 2.00. The lowest BCUT2D eigenvalue weighted by molar-refractivity contribution is -0.131. The van der Waals surface area contributed by atoms with Crippen LogP contribution in [0.3, 0.4) is 0 Å². The first-order valence-electron chi connectivity index (χ1n) is 8.24. The Morgan fingerprint density at radius 1 is 0.920 bits per heavy atom. The number of hydrogen-bond donors (Lipinski definition) is 2. The molecule has 4 heteroatoms. The molecule has 1 fully saturated rings. The number of carboxylic acid groups (broad SMARTS) is 1. The van der Waals surface area contributed by atoms with Crippen LogP contribution < -0.4 is 0 Å². The molecule has 0 radical (unpaired) electrons. The van der Waals surface area contributed by atoms with Gasteiger partial charge in [0.1, 0.15) is 5.75 Å². The average Bonchev–Trinajstić information content (AvgIpc) is 2.64. The summed E-state index contributed by atoms with van der Waals surface area (Å²) in [4.78, 5) is 10.7. The van der Waals surface area contributed by atoms with E-state index < -0.39 is 5.97 Å².